The monoisotopic (exact) mass is 210 g/mol. The SMILES string of the molecule is COC(=O)C1=CC(C)(C(=O)OC)CC=C1. The van der Waals surface area contributed by atoms with E-state index in [0.29, 0.717) is 12.0 Å². The standard InChI is InChI=1S/C11H14O4/c1-11(10(13)15-3)6-4-5-8(7-11)9(12)14-2/h4-5,7H,6H2,1-3H3. The topological polar surface area (TPSA) is 52.6 Å². The average Bonchev–Trinajstić information content (AvgIpc) is 2.26. The van der Waals surface area contributed by atoms with E-state index in [4.69, 9.17) is 0 Å². The molecule has 0 aromatic rings. The first-order valence-corrected chi connectivity index (χ1v) is 4.59. The van der Waals surface area contributed by atoms with E-state index in [9.17, 15) is 9.59 Å². The first kappa shape index (κ1) is 11.5. The number of allylic oxidation sites excluding steroid dienone is 1. The van der Waals surface area contributed by atoms with Crippen molar-refractivity contribution in [3.63, 3.8) is 0 Å². The Morgan fingerprint density at radius 1 is 1.33 bits per heavy atom. The molecule has 15 heavy (non-hydrogen) atoms. The summed E-state index contributed by atoms with van der Waals surface area (Å²) in [4.78, 5) is 22.8. The fraction of sp³-hybridized carbons (Fsp3) is 0.455. The average molecular weight is 210 g/mol. The van der Waals surface area contributed by atoms with Gasteiger partial charge >= 0.3 is 11.9 Å². The number of hydrogen-bond acceptors (Lipinski definition) is 4. The van der Waals surface area contributed by atoms with Gasteiger partial charge < -0.3 is 9.47 Å². The van der Waals surface area contributed by atoms with Crippen molar-refractivity contribution < 1.29 is 19.1 Å². The van der Waals surface area contributed by atoms with Crippen molar-refractivity contribution in [3.05, 3.63) is 23.8 Å². The molecule has 0 heterocycles. The highest BCUT2D eigenvalue weighted by molar-refractivity contribution is 5.94. The zero-order valence-corrected chi connectivity index (χ0v) is 9.07. The summed E-state index contributed by atoms with van der Waals surface area (Å²) in [5, 5.41) is 0. The molecule has 0 spiro atoms. The molecule has 0 N–H and O–H groups in total. The van der Waals surface area contributed by atoms with E-state index in [1.807, 2.05) is 0 Å². The van der Waals surface area contributed by atoms with Crippen molar-refractivity contribution in [2.45, 2.75) is 13.3 Å². The zero-order chi connectivity index (χ0) is 11.5. The summed E-state index contributed by atoms with van der Waals surface area (Å²) in [7, 11) is 2.64. The zero-order valence-electron chi connectivity index (χ0n) is 9.07. The van der Waals surface area contributed by atoms with Crippen LogP contribution >= 0.6 is 0 Å². The molecule has 0 fully saturated rings. The highest BCUT2D eigenvalue weighted by Gasteiger charge is 2.34. The molecule has 4 nitrogen and oxygen atoms in total. The molecule has 0 aliphatic heterocycles. The molecule has 1 aliphatic rings. The van der Waals surface area contributed by atoms with Crippen LogP contribution in [-0.2, 0) is 19.1 Å². The Balaban J connectivity index is 2.97. The Morgan fingerprint density at radius 3 is 2.53 bits per heavy atom. The van der Waals surface area contributed by atoms with E-state index in [-0.39, 0.29) is 5.97 Å². The second-order valence-corrected chi connectivity index (χ2v) is 3.61. The molecule has 0 radical (unpaired) electrons. The van der Waals surface area contributed by atoms with E-state index >= 15 is 0 Å². The van der Waals surface area contributed by atoms with Gasteiger partial charge in [0.05, 0.1) is 25.2 Å². The maximum Gasteiger partial charge on any atom is 0.337 e. The number of carbonyl (C=O) groups is 2. The number of esters is 2. The third-order valence-corrected chi connectivity index (χ3v) is 2.39. The van der Waals surface area contributed by atoms with Crippen LogP contribution in [0.3, 0.4) is 0 Å². The quantitative estimate of drug-likeness (QED) is 0.643. The van der Waals surface area contributed by atoms with Crippen LogP contribution in [0, 0.1) is 5.41 Å². The van der Waals surface area contributed by atoms with E-state index < -0.39 is 11.4 Å². The molecule has 82 valence electrons. The molecular formula is C11H14O4. The van der Waals surface area contributed by atoms with Gasteiger partial charge in [-0.3, -0.25) is 4.79 Å². The van der Waals surface area contributed by atoms with Crippen LogP contribution in [0.2, 0.25) is 0 Å². The second kappa shape index (κ2) is 4.29. The lowest BCUT2D eigenvalue weighted by Crippen LogP contribution is -2.29. The van der Waals surface area contributed by atoms with Crippen LogP contribution in [0.5, 0.6) is 0 Å². The molecular weight excluding hydrogens is 196 g/mol. The lowest BCUT2D eigenvalue weighted by molar-refractivity contribution is -0.148. The Morgan fingerprint density at radius 2 is 2.00 bits per heavy atom. The fourth-order valence-electron chi connectivity index (χ4n) is 1.50. The highest BCUT2D eigenvalue weighted by atomic mass is 16.5. The Bertz CT molecular complexity index is 340. The summed E-state index contributed by atoms with van der Waals surface area (Å²) < 4.78 is 9.27. The lowest BCUT2D eigenvalue weighted by Gasteiger charge is -2.24. The third-order valence-electron chi connectivity index (χ3n) is 2.39. The van der Waals surface area contributed by atoms with Gasteiger partial charge in [-0.25, -0.2) is 4.79 Å². The second-order valence-electron chi connectivity index (χ2n) is 3.61. The van der Waals surface area contributed by atoms with Crippen molar-refractivity contribution in [2.75, 3.05) is 14.2 Å². The lowest BCUT2D eigenvalue weighted by atomic mass is 9.81. The van der Waals surface area contributed by atoms with Crippen LogP contribution in [-0.4, -0.2) is 26.2 Å². The summed E-state index contributed by atoms with van der Waals surface area (Å²) in [6.45, 7) is 1.73. The van der Waals surface area contributed by atoms with Crippen LogP contribution in [0.4, 0.5) is 0 Å². The van der Waals surface area contributed by atoms with Crippen molar-refractivity contribution >= 4 is 11.9 Å². The molecule has 1 atom stereocenters. The Hall–Kier alpha value is -1.58. The van der Waals surface area contributed by atoms with Gasteiger partial charge in [0.1, 0.15) is 0 Å². The molecule has 0 saturated carbocycles. The van der Waals surface area contributed by atoms with Crippen LogP contribution in [0.15, 0.2) is 23.8 Å². The van der Waals surface area contributed by atoms with E-state index in [2.05, 4.69) is 9.47 Å². The normalized spacial score (nSPS) is 24.3. The molecule has 0 aromatic carbocycles. The van der Waals surface area contributed by atoms with Gasteiger partial charge in [0.25, 0.3) is 0 Å². The minimum Gasteiger partial charge on any atom is -0.468 e. The van der Waals surface area contributed by atoms with Gasteiger partial charge in [0.15, 0.2) is 0 Å². The molecule has 1 unspecified atom stereocenters. The number of rotatable bonds is 2. The maximum absolute atomic E-state index is 11.5. The van der Waals surface area contributed by atoms with Gasteiger partial charge in [0.2, 0.25) is 0 Å². The van der Waals surface area contributed by atoms with Crippen molar-refractivity contribution in [1.29, 1.82) is 0 Å². The minimum absolute atomic E-state index is 0.353. The van der Waals surface area contributed by atoms with Gasteiger partial charge in [0, 0.05) is 0 Å². The van der Waals surface area contributed by atoms with E-state index in [1.165, 1.54) is 14.2 Å². The van der Waals surface area contributed by atoms with Crippen LogP contribution in [0.25, 0.3) is 0 Å². The summed E-state index contributed by atoms with van der Waals surface area (Å²) in [6.07, 6.45) is 5.53. The summed E-state index contributed by atoms with van der Waals surface area (Å²) in [5.41, 5.74) is -0.385. The van der Waals surface area contributed by atoms with E-state index in [1.54, 1.807) is 25.2 Å². The Labute approximate surface area is 88.6 Å². The number of ether oxygens (including phenoxy) is 2. The molecule has 0 amide bonds. The van der Waals surface area contributed by atoms with Gasteiger partial charge in [-0.2, -0.15) is 0 Å². The van der Waals surface area contributed by atoms with Gasteiger partial charge in [-0.15, -0.1) is 0 Å². The molecule has 0 aromatic heterocycles. The third kappa shape index (κ3) is 2.26. The van der Waals surface area contributed by atoms with Crippen molar-refractivity contribution in [3.8, 4) is 0 Å². The maximum atomic E-state index is 11.5. The fourth-order valence-corrected chi connectivity index (χ4v) is 1.50. The number of carbonyl (C=O) groups excluding carboxylic acids is 2. The predicted molar refractivity (Wildman–Crippen MR) is 54.0 cm³/mol. The number of hydrogen-bond donors (Lipinski definition) is 0. The van der Waals surface area contributed by atoms with Crippen molar-refractivity contribution in [1.82, 2.24) is 0 Å². The number of methoxy groups -OCH3 is 2. The van der Waals surface area contributed by atoms with Gasteiger partial charge in [-0.05, 0) is 13.3 Å². The molecule has 1 rings (SSSR count). The smallest absolute Gasteiger partial charge is 0.337 e. The predicted octanol–water partition coefficient (Wildman–Crippen LogP) is 1.22. The summed E-state index contributed by atoms with van der Waals surface area (Å²) >= 11 is 0. The van der Waals surface area contributed by atoms with Crippen molar-refractivity contribution in [2.24, 2.45) is 5.41 Å². The molecule has 0 bridgehead atoms. The molecule has 1 aliphatic carbocycles. The largest absolute Gasteiger partial charge is 0.468 e. The first-order valence-electron chi connectivity index (χ1n) is 4.59. The van der Waals surface area contributed by atoms with Crippen LogP contribution in [0.1, 0.15) is 13.3 Å². The molecule has 4 heteroatoms. The Kier molecular flexibility index (Phi) is 3.29. The van der Waals surface area contributed by atoms with E-state index in [0.717, 1.165) is 0 Å². The highest BCUT2D eigenvalue weighted by Crippen LogP contribution is 2.31. The summed E-state index contributed by atoms with van der Waals surface area (Å²) in [6, 6.07) is 0. The van der Waals surface area contributed by atoms with Gasteiger partial charge in [-0.1, -0.05) is 18.2 Å². The first-order chi connectivity index (χ1) is 7.03. The molecule has 0 saturated heterocycles. The summed E-state index contributed by atoms with van der Waals surface area (Å²) in [5.74, 6) is -0.797. The minimum atomic E-state index is -0.771. The van der Waals surface area contributed by atoms with Crippen LogP contribution < -0.4 is 0 Å².